The number of benzene rings is 2. The summed E-state index contributed by atoms with van der Waals surface area (Å²) in [6, 6.07) is 11.1. The molecule has 41 heavy (non-hydrogen) atoms. The average Bonchev–Trinajstić information content (AvgIpc) is 3.02. The van der Waals surface area contributed by atoms with Crippen molar-refractivity contribution in [1.82, 2.24) is 0 Å². The minimum absolute atomic E-state index is 0.214. The van der Waals surface area contributed by atoms with E-state index < -0.39 is 40.6 Å². The maximum absolute atomic E-state index is 13.8. The zero-order valence-corrected chi connectivity index (χ0v) is 25.7. The van der Waals surface area contributed by atoms with Crippen molar-refractivity contribution in [2.45, 2.75) is 89.8 Å². The molecule has 222 valence electrons. The third kappa shape index (κ3) is 7.15. The maximum atomic E-state index is 13.8. The molecule has 9 heteroatoms. The highest BCUT2D eigenvalue weighted by Crippen LogP contribution is 2.45. The molecule has 1 amide bonds. The Hall–Kier alpha value is -3.26. The average molecular weight is 586 g/mol. The van der Waals surface area contributed by atoms with Crippen molar-refractivity contribution in [2.75, 3.05) is 25.2 Å². The van der Waals surface area contributed by atoms with Crippen LogP contribution >= 0.6 is 11.6 Å². The number of amides is 1. The van der Waals surface area contributed by atoms with Crippen LogP contribution in [-0.2, 0) is 35.6 Å². The van der Waals surface area contributed by atoms with Crippen molar-refractivity contribution in [3.63, 3.8) is 0 Å². The molecule has 1 aliphatic heterocycles. The van der Waals surface area contributed by atoms with E-state index in [2.05, 4.69) is 0 Å². The first-order chi connectivity index (χ1) is 19.1. The van der Waals surface area contributed by atoms with Crippen molar-refractivity contribution in [3.8, 4) is 5.75 Å². The van der Waals surface area contributed by atoms with Crippen molar-refractivity contribution in [3.05, 3.63) is 58.1 Å². The van der Waals surface area contributed by atoms with Crippen LogP contribution < -0.4 is 9.64 Å². The molecular formula is C32H40ClNO7. The van der Waals surface area contributed by atoms with Crippen LogP contribution in [0.5, 0.6) is 5.75 Å². The second-order valence-electron chi connectivity index (χ2n) is 12.9. The number of ether oxygens (including phenoxy) is 4. The molecule has 0 bridgehead atoms. The van der Waals surface area contributed by atoms with Gasteiger partial charge in [-0.2, -0.15) is 0 Å². The molecule has 0 fully saturated rings. The number of fused-ring (bicyclic) bond motifs is 3. The Labute approximate surface area is 247 Å². The number of aryl methyl sites for hydroxylation is 1. The zero-order chi connectivity index (χ0) is 30.2. The van der Waals surface area contributed by atoms with E-state index in [9.17, 15) is 14.4 Å². The Balaban J connectivity index is 1.79. The maximum Gasteiger partial charge on any atom is 0.414 e. The van der Waals surface area contributed by atoms with Crippen LogP contribution in [0.15, 0.2) is 36.4 Å². The van der Waals surface area contributed by atoms with Gasteiger partial charge in [-0.05, 0) is 102 Å². The van der Waals surface area contributed by atoms with E-state index in [-0.39, 0.29) is 6.42 Å². The molecule has 0 aromatic heterocycles. The van der Waals surface area contributed by atoms with Crippen molar-refractivity contribution in [1.29, 1.82) is 0 Å². The van der Waals surface area contributed by atoms with E-state index >= 15 is 0 Å². The van der Waals surface area contributed by atoms with Crippen molar-refractivity contribution >= 4 is 35.3 Å². The molecule has 0 saturated carbocycles. The predicted molar refractivity (Wildman–Crippen MR) is 157 cm³/mol. The number of carbonyl (C=O) groups excluding carboxylic acids is 3. The molecular weight excluding hydrogens is 546 g/mol. The van der Waals surface area contributed by atoms with E-state index in [1.54, 1.807) is 43.9 Å². The fourth-order valence-corrected chi connectivity index (χ4v) is 5.79. The Morgan fingerprint density at radius 1 is 1.02 bits per heavy atom. The monoisotopic (exact) mass is 585 g/mol. The van der Waals surface area contributed by atoms with Gasteiger partial charge in [-0.3, -0.25) is 14.5 Å². The van der Waals surface area contributed by atoms with Gasteiger partial charge >= 0.3 is 18.0 Å². The predicted octanol–water partition coefficient (Wildman–Crippen LogP) is 6.74. The van der Waals surface area contributed by atoms with Gasteiger partial charge in [-0.25, -0.2) is 4.79 Å². The number of halogens is 1. The molecule has 8 nitrogen and oxygen atoms in total. The summed E-state index contributed by atoms with van der Waals surface area (Å²) in [4.78, 5) is 41.0. The smallest absolute Gasteiger partial charge is 0.414 e. The number of methoxy groups -OCH3 is 1. The number of rotatable bonds is 4. The minimum Gasteiger partial charge on any atom is -0.490 e. The van der Waals surface area contributed by atoms with Gasteiger partial charge in [0.25, 0.3) is 0 Å². The first-order valence-electron chi connectivity index (χ1n) is 14.0. The molecule has 1 spiro atoms. The third-order valence-corrected chi connectivity index (χ3v) is 7.51. The lowest BCUT2D eigenvalue weighted by Gasteiger charge is -2.40. The SMILES string of the molecule is COC(=O)C(CC(=O)OC(C)(C)C)c1ccc2c(c1)N(C(=O)OC(C)(C)C)C[C@@]1(CCCc3cc(Cl)ccc31)CO2. The van der Waals surface area contributed by atoms with E-state index in [1.807, 2.05) is 39.0 Å². The van der Waals surface area contributed by atoms with E-state index in [4.69, 9.17) is 30.5 Å². The van der Waals surface area contributed by atoms with Crippen LogP contribution in [0.1, 0.15) is 83.4 Å². The molecule has 1 unspecified atom stereocenters. The standard InChI is InChI=1S/C32H40ClNO7/c1-30(2,3)40-27(35)17-23(28(36)38-7)20-10-13-26-25(16-20)34(29(37)41-31(4,5)6)18-32(19-39-26)14-8-9-21-15-22(33)11-12-24(21)32/h10-13,15-16,23H,8-9,14,17-19H2,1-7H3/t23?,32-/m0/s1. The van der Waals surface area contributed by atoms with E-state index in [0.717, 1.165) is 30.4 Å². The Morgan fingerprint density at radius 2 is 1.73 bits per heavy atom. The fourth-order valence-electron chi connectivity index (χ4n) is 5.60. The molecule has 0 radical (unpaired) electrons. The highest BCUT2D eigenvalue weighted by Gasteiger charge is 2.44. The molecule has 2 aromatic rings. The summed E-state index contributed by atoms with van der Waals surface area (Å²) in [7, 11) is 1.28. The second-order valence-corrected chi connectivity index (χ2v) is 13.3. The topological polar surface area (TPSA) is 91.4 Å². The fraction of sp³-hybridized carbons (Fsp3) is 0.531. The molecule has 2 atom stereocenters. The molecule has 0 N–H and O–H groups in total. The van der Waals surface area contributed by atoms with Crippen LogP contribution in [0.25, 0.3) is 0 Å². The summed E-state index contributed by atoms with van der Waals surface area (Å²) in [5, 5.41) is 0.672. The lowest BCUT2D eigenvalue weighted by molar-refractivity contribution is -0.158. The van der Waals surface area contributed by atoms with Crippen LogP contribution in [0, 0.1) is 0 Å². The minimum atomic E-state index is -0.935. The van der Waals surface area contributed by atoms with Crippen molar-refractivity contribution in [2.24, 2.45) is 0 Å². The molecule has 2 aliphatic rings. The van der Waals surface area contributed by atoms with E-state index in [0.29, 0.717) is 35.2 Å². The summed E-state index contributed by atoms with van der Waals surface area (Å²) >= 11 is 6.33. The highest BCUT2D eigenvalue weighted by molar-refractivity contribution is 6.30. The molecule has 1 heterocycles. The number of esters is 2. The Kier molecular flexibility index (Phi) is 8.65. The lowest BCUT2D eigenvalue weighted by Crippen LogP contribution is -2.48. The Bertz CT molecular complexity index is 1330. The van der Waals surface area contributed by atoms with Gasteiger partial charge in [0.15, 0.2) is 0 Å². The van der Waals surface area contributed by atoms with E-state index in [1.165, 1.54) is 7.11 Å². The lowest BCUT2D eigenvalue weighted by atomic mass is 9.70. The summed E-state index contributed by atoms with van der Waals surface area (Å²) in [5.41, 5.74) is 1.28. The van der Waals surface area contributed by atoms with Gasteiger partial charge in [-0.15, -0.1) is 0 Å². The van der Waals surface area contributed by atoms with Gasteiger partial charge in [0.2, 0.25) is 0 Å². The first kappa shape index (κ1) is 30.7. The number of anilines is 1. The summed E-state index contributed by atoms with van der Waals surface area (Å²) in [6.45, 7) is 11.4. The van der Waals surface area contributed by atoms with Gasteiger partial charge in [0, 0.05) is 17.0 Å². The number of nitrogens with zero attached hydrogens (tertiary/aromatic N) is 1. The van der Waals surface area contributed by atoms with Crippen LogP contribution in [0.3, 0.4) is 0 Å². The highest BCUT2D eigenvalue weighted by atomic mass is 35.5. The molecule has 1 aliphatic carbocycles. The normalized spacial score (nSPS) is 19.3. The number of hydrogen-bond acceptors (Lipinski definition) is 7. The second kappa shape index (κ2) is 11.6. The first-order valence-corrected chi connectivity index (χ1v) is 14.3. The third-order valence-electron chi connectivity index (χ3n) is 7.27. The summed E-state index contributed by atoms with van der Waals surface area (Å²) in [6.07, 6.45) is 1.89. The van der Waals surface area contributed by atoms with Gasteiger partial charge in [0.1, 0.15) is 17.0 Å². The van der Waals surface area contributed by atoms with Crippen LogP contribution in [-0.4, -0.2) is 49.5 Å². The molecule has 0 saturated heterocycles. The Morgan fingerprint density at radius 3 is 2.39 bits per heavy atom. The van der Waals surface area contributed by atoms with Crippen LogP contribution in [0.2, 0.25) is 5.02 Å². The number of carbonyl (C=O) groups is 3. The van der Waals surface area contributed by atoms with Crippen LogP contribution in [0.4, 0.5) is 10.5 Å². The summed E-state index contributed by atoms with van der Waals surface area (Å²) in [5.74, 6) is -1.56. The largest absolute Gasteiger partial charge is 0.490 e. The zero-order valence-electron chi connectivity index (χ0n) is 25.0. The number of hydrogen-bond donors (Lipinski definition) is 0. The molecule has 2 aromatic carbocycles. The van der Waals surface area contributed by atoms with Crippen molar-refractivity contribution < 1.29 is 33.3 Å². The summed E-state index contributed by atoms with van der Waals surface area (Å²) < 4.78 is 22.8. The molecule has 4 rings (SSSR count). The quantitative estimate of drug-likeness (QED) is 0.290. The van der Waals surface area contributed by atoms with Gasteiger partial charge < -0.3 is 18.9 Å². The van der Waals surface area contributed by atoms with Gasteiger partial charge in [-0.1, -0.05) is 23.7 Å². The van der Waals surface area contributed by atoms with Gasteiger partial charge in [0.05, 0.1) is 31.7 Å².